The van der Waals surface area contributed by atoms with Crippen LogP contribution in [-0.4, -0.2) is 15.9 Å². The van der Waals surface area contributed by atoms with Gasteiger partial charge in [-0.3, -0.25) is 4.79 Å². The third kappa shape index (κ3) is 2.35. The van der Waals surface area contributed by atoms with E-state index in [1.807, 2.05) is 0 Å². The van der Waals surface area contributed by atoms with Gasteiger partial charge >= 0.3 is 0 Å². The molecule has 0 aliphatic heterocycles. The van der Waals surface area contributed by atoms with E-state index in [1.165, 1.54) is 15.9 Å². The van der Waals surface area contributed by atoms with Crippen LogP contribution in [-0.2, 0) is 12.8 Å². The summed E-state index contributed by atoms with van der Waals surface area (Å²) in [7, 11) is 0. The lowest BCUT2D eigenvalue weighted by Gasteiger charge is -1.99. The molecule has 3 aromatic rings. The highest BCUT2D eigenvalue weighted by Crippen LogP contribution is 2.34. The van der Waals surface area contributed by atoms with Crippen molar-refractivity contribution >= 4 is 27.8 Å². The van der Waals surface area contributed by atoms with Gasteiger partial charge in [0.05, 0.1) is 23.2 Å². The van der Waals surface area contributed by atoms with Crippen molar-refractivity contribution in [3.05, 3.63) is 62.5 Å². The average molecular weight is 320 g/mol. The number of benzene rings is 1. The van der Waals surface area contributed by atoms with Crippen LogP contribution in [0.2, 0.25) is 0 Å². The van der Waals surface area contributed by atoms with Crippen molar-refractivity contribution < 1.29 is 0 Å². The number of aryl methyl sites for hydroxylation is 2. The summed E-state index contributed by atoms with van der Waals surface area (Å²) >= 11 is 1.62. The molecule has 112 valence electrons. The van der Waals surface area contributed by atoms with E-state index in [-0.39, 0.29) is 5.56 Å². The molecular weight excluding hydrogens is 308 g/mol. The first kappa shape index (κ1) is 13.9. The van der Waals surface area contributed by atoms with Crippen molar-refractivity contribution in [1.29, 1.82) is 5.26 Å². The molecule has 0 fully saturated rings. The number of rotatable bonds is 2. The summed E-state index contributed by atoms with van der Waals surface area (Å²) in [6.07, 6.45) is 6.18. The number of thiophene rings is 1. The van der Waals surface area contributed by atoms with Gasteiger partial charge in [-0.2, -0.15) is 15.0 Å². The lowest BCUT2D eigenvalue weighted by Crippen LogP contribution is -2.17. The van der Waals surface area contributed by atoms with Crippen LogP contribution in [0, 0.1) is 11.3 Å². The van der Waals surface area contributed by atoms with Gasteiger partial charge in [-0.1, -0.05) is 12.1 Å². The van der Waals surface area contributed by atoms with Gasteiger partial charge in [-0.25, -0.2) is 4.98 Å². The topological polar surface area (TPSA) is 71.0 Å². The minimum Gasteiger partial charge on any atom is -0.267 e. The van der Waals surface area contributed by atoms with Gasteiger partial charge in [0.1, 0.15) is 11.2 Å². The summed E-state index contributed by atoms with van der Waals surface area (Å²) in [6, 6.07) is 9.09. The Morgan fingerprint density at radius 2 is 2.13 bits per heavy atom. The first-order valence-corrected chi connectivity index (χ1v) is 8.14. The summed E-state index contributed by atoms with van der Waals surface area (Å²) in [6.45, 7) is 0. The Kier molecular flexibility index (Phi) is 3.28. The average Bonchev–Trinajstić information content (AvgIpc) is 3.15. The Balaban J connectivity index is 1.74. The molecule has 0 radical (unpaired) electrons. The maximum Gasteiger partial charge on any atom is 0.282 e. The highest BCUT2D eigenvalue weighted by Gasteiger charge is 2.21. The summed E-state index contributed by atoms with van der Waals surface area (Å²) in [4.78, 5) is 19.1. The van der Waals surface area contributed by atoms with Gasteiger partial charge in [0.2, 0.25) is 0 Å². The minimum atomic E-state index is -0.112. The maximum atomic E-state index is 12.6. The van der Waals surface area contributed by atoms with Crippen molar-refractivity contribution in [3.63, 3.8) is 0 Å². The third-order valence-electron chi connectivity index (χ3n) is 3.98. The molecule has 0 amide bonds. The number of hydrogen-bond acceptors (Lipinski definition) is 5. The molecule has 2 heterocycles. The molecule has 0 bridgehead atoms. The molecule has 0 atom stereocenters. The molecule has 0 unspecified atom stereocenters. The Morgan fingerprint density at radius 1 is 1.30 bits per heavy atom. The number of fused-ring (bicyclic) bond motifs is 3. The van der Waals surface area contributed by atoms with Crippen molar-refractivity contribution in [2.75, 3.05) is 0 Å². The van der Waals surface area contributed by atoms with Crippen molar-refractivity contribution in [1.82, 2.24) is 9.66 Å². The van der Waals surface area contributed by atoms with E-state index in [1.54, 1.807) is 41.8 Å². The smallest absolute Gasteiger partial charge is 0.267 e. The molecule has 0 spiro atoms. The van der Waals surface area contributed by atoms with E-state index in [9.17, 15) is 4.79 Å². The molecule has 23 heavy (non-hydrogen) atoms. The lowest BCUT2D eigenvalue weighted by atomic mass is 10.2. The first-order chi connectivity index (χ1) is 11.3. The number of nitrogens with zero attached hydrogens (tertiary/aromatic N) is 4. The Bertz CT molecular complexity index is 1020. The van der Waals surface area contributed by atoms with E-state index < -0.39 is 0 Å². The molecule has 1 aromatic carbocycles. The molecule has 6 heteroatoms. The Hall–Kier alpha value is -2.78. The Morgan fingerprint density at radius 3 is 2.91 bits per heavy atom. The molecule has 5 nitrogen and oxygen atoms in total. The summed E-state index contributed by atoms with van der Waals surface area (Å²) < 4.78 is 1.28. The second kappa shape index (κ2) is 5.45. The SMILES string of the molecule is N#Cc1ccc(C=Nn2cnc3sc4c(c3c2=O)CCC4)cc1. The summed E-state index contributed by atoms with van der Waals surface area (Å²) in [5.41, 5.74) is 2.47. The fourth-order valence-electron chi connectivity index (χ4n) is 2.83. The molecule has 0 saturated heterocycles. The molecule has 1 aliphatic carbocycles. The Labute approximate surface area is 136 Å². The zero-order valence-corrected chi connectivity index (χ0v) is 13.0. The molecule has 2 aromatic heterocycles. The fourth-order valence-corrected chi connectivity index (χ4v) is 4.05. The van der Waals surface area contributed by atoms with Crippen LogP contribution >= 0.6 is 11.3 Å². The normalized spacial score (nSPS) is 13.5. The van der Waals surface area contributed by atoms with Gasteiger partial charge in [-0.15, -0.1) is 11.3 Å². The molecule has 1 aliphatic rings. The lowest BCUT2D eigenvalue weighted by molar-refractivity contribution is 0.816. The van der Waals surface area contributed by atoms with Crippen LogP contribution in [0.3, 0.4) is 0 Å². The molecule has 4 rings (SSSR count). The zero-order chi connectivity index (χ0) is 15.8. The predicted molar refractivity (Wildman–Crippen MR) is 90.1 cm³/mol. The standard InChI is InChI=1S/C17H12N4OS/c18-8-11-4-6-12(7-5-11)9-20-21-10-19-16-15(17(21)22)13-2-1-3-14(13)23-16/h4-7,9-10H,1-3H2. The maximum absolute atomic E-state index is 12.6. The highest BCUT2D eigenvalue weighted by molar-refractivity contribution is 7.18. The van der Waals surface area contributed by atoms with Crippen molar-refractivity contribution in [2.24, 2.45) is 5.10 Å². The van der Waals surface area contributed by atoms with Crippen LogP contribution < -0.4 is 5.56 Å². The fraction of sp³-hybridized carbons (Fsp3) is 0.176. The van der Waals surface area contributed by atoms with Gasteiger partial charge < -0.3 is 0 Å². The van der Waals surface area contributed by atoms with Crippen LogP contribution in [0.4, 0.5) is 0 Å². The van der Waals surface area contributed by atoms with Gasteiger partial charge in [0.15, 0.2) is 0 Å². The highest BCUT2D eigenvalue weighted by atomic mass is 32.1. The van der Waals surface area contributed by atoms with E-state index in [0.717, 1.165) is 40.6 Å². The molecule has 0 N–H and O–H groups in total. The van der Waals surface area contributed by atoms with E-state index in [2.05, 4.69) is 16.2 Å². The predicted octanol–water partition coefficient (Wildman–Crippen LogP) is 2.70. The second-order valence-electron chi connectivity index (χ2n) is 5.41. The van der Waals surface area contributed by atoms with E-state index in [0.29, 0.717) is 5.56 Å². The quantitative estimate of drug-likeness (QED) is 0.682. The zero-order valence-electron chi connectivity index (χ0n) is 12.2. The van der Waals surface area contributed by atoms with Gasteiger partial charge in [-0.05, 0) is 42.5 Å². The van der Waals surface area contributed by atoms with Crippen LogP contribution in [0.15, 0.2) is 40.5 Å². The number of hydrogen-bond donors (Lipinski definition) is 0. The monoisotopic (exact) mass is 320 g/mol. The largest absolute Gasteiger partial charge is 0.282 e. The van der Waals surface area contributed by atoms with Crippen LogP contribution in [0.25, 0.3) is 10.2 Å². The first-order valence-electron chi connectivity index (χ1n) is 7.32. The summed E-state index contributed by atoms with van der Waals surface area (Å²) in [5.74, 6) is 0. The number of nitriles is 1. The van der Waals surface area contributed by atoms with Crippen LogP contribution in [0.5, 0.6) is 0 Å². The number of aromatic nitrogens is 2. The van der Waals surface area contributed by atoms with E-state index >= 15 is 0 Å². The molecular formula is C17H12N4OS. The third-order valence-corrected chi connectivity index (χ3v) is 5.18. The van der Waals surface area contributed by atoms with Crippen molar-refractivity contribution in [3.8, 4) is 6.07 Å². The molecule has 0 saturated carbocycles. The summed E-state index contributed by atoms with van der Waals surface area (Å²) in [5, 5.41) is 13.7. The van der Waals surface area contributed by atoms with Gasteiger partial charge in [0.25, 0.3) is 5.56 Å². The van der Waals surface area contributed by atoms with Gasteiger partial charge in [0, 0.05) is 4.88 Å². The second-order valence-corrected chi connectivity index (χ2v) is 6.49. The van der Waals surface area contributed by atoms with Crippen molar-refractivity contribution in [2.45, 2.75) is 19.3 Å². The van der Waals surface area contributed by atoms with E-state index in [4.69, 9.17) is 5.26 Å². The minimum absolute atomic E-state index is 0.112. The van der Waals surface area contributed by atoms with Crippen LogP contribution in [0.1, 0.15) is 28.0 Å².